The van der Waals surface area contributed by atoms with Crippen LogP contribution in [-0.4, -0.2) is 40.5 Å². The molecule has 134 valence electrons. The molecule has 0 spiro atoms. The number of benzene rings is 1. The average molecular weight is 361 g/mol. The van der Waals surface area contributed by atoms with Crippen molar-refractivity contribution in [1.29, 1.82) is 0 Å². The van der Waals surface area contributed by atoms with E-state index in [9.17, 15) is 9.59 Å². The van der Waals surface area contributed by atoms with Gasteiger partial charge in [0.2, 0.25) is 5.91 Å². The number of carbonyl (C=O) groups excluding carboxylic acids is 1. The fourth-order valence-electron chi connectivity index (χ4n) is 2.90. The number of nitrogens with zero attached hydrogens (tertiary/aromatic N) is 2. The van der Waals surface area contributed by atoms with Gasteiger partial charge < -0.3 is 10.1 Å². The van der Waals surface area contributed by atoms with Crippen molar-refractivity contribution in [3.63, 3.8) is 0 Å². The van der Waals surface area contributed by atoms with Gasteiger partial charge in [0, 0.05) is 19.2 Å². The summed E-state index contributed by atoms with van der Waals surface area (Å²) in [6.07, 6.45) is 2.17. The zero-order valence-corrected chi connectivity index (χ0v) is 15.3. The van der Waals surface area contributed by atoms with Gasteiger partial charge in [0.25, 0.3) is 5.56 Å². The summed E-state index contributed by atoms with van der Waals surface area (Å²) >= 11 is 1.29. The van der Waals surface area contributed by atoms with Gasteiger partial charge in [0.1, 0.15) is 0 Å². The fourth-order valence-corrected chi connectivity index (χ4v) is 3.85. The molecule has 2 heterocycles. The molecule has 1 atom stereocenters. The molecular weight excluding hydrogens is 338 g/mol. The van der Waals surface area contributed by atoms with Gasteiger partial charge in [-0.2, -0.15) is 0 Å². The Labute approximate surface area is 151 Å². The highest BCUT2D eigenvalue weighted by molar-refractivity contribution is 7.99. The van der Waals surface area contributed by atoms with Crippen LogP contribution in [0.15, 0.2) is 34.2 Å². The monoisotopic (exact) mass is 361 g/mol. The van der Waals surface area contributed by atoms with Crippen molar-refractivity contribution < 1.29 is 9.53 Å². The molecule has 0 aliphatic carbocycles. The minimum atomic E-state index is -0.0711. The highest BCUT2D eigenvalue weighted by atomic mass is 32.2. The Morgan fingerprint density at radius 1 is 1.44 bits per heavy atom. The molecule has 1 fully saturated rings. The Morgan fingerprint density at radius 3 is 2.96 bits per heavy atom. The van der Waals surface area contributed by atoms with Crippen LogP contribution in [0, 0.1) is 0 Å². The number of rotatable bonds is 6. The van der Waals surface area contributed by atoms with Crippen LogP contribution < -0.4 is 10.9 Å². The third kappa shape index (κ3) is 4.22. The van der Waals surface area contributed by atoms with Gasteiger partial charge in [0.15, 0.2) is 5.16 Å². The van der Waals surface area contributed by atoms with Crippen molar-refractivity contribution >= 4 is 28.6 Å². The van der Waals surface area contributed by atoms with Crippen molar-refractivity contribution in [3.05, 3.63) is 34.6 Å². The van der Waals surface area contributed by atoms with Gasteiger partial charge in [-0.05, 0) is 38.8 Å². The average Bonchev–Trinajstić information content (AvgIpc) is 3.11. The zero-order chi connectivity index (χ0) is 17.8. The molecule has 25 heavy (non-hydrogen) atoms. The smallest absolute Gasteiger partial charge is 0.262 e. The van der Waals surface area contributed by atoms with Gasteiger partial charge in [0.05, 0.1) is 22.8 Å². The van der Waals surface area contributed by atoms with Crippen LogP contribution in [0.3, 0.4) is 0 Å². The summed E-state index contributed by atoms with van der Waals surface area (Å²) in [5.74, 6) is 0.155. The van der Waals surface area contributed by atoms with Gasteiger partial charge in [-0.15, -0.1) is 0 Å². The van der Waals surface area contributed by atoms with Crippen LogP contribution in [-0.2, 0) is 9.53 Å². The Kier molecular flexibility index (Phi) is 5.75. The van der Waals surface area contributed by atoms with Crippen LogP contribution in [0.1, 0.15) is 32.7 Å². The number of amides is 1. The third-order valence-corrected chi connectivity index (χ3v) is 5.13. The molecular formula is C18H23N3O3S. The SMILES string of the molecule is CC(C)n1c(SCC(=O)NC[C@H]2CCCO2)nc2ccccc2c1=O. The summed E-state index contributed by atoms with van der Waals surface area (Å²) in [6, 6.07) is 7.27. The number of nitrogens with one attached hydrogen (secondary N) is 1. The first-order chi connectivity index (χ1) is 12.1. The summed E-state index contributed by atoms with van der Waals surface area (Å²) in [5, 5.41) is 4.07. The number of hydrogen-bond donors (Lipinski definition) is 1. The lowest BCUT2D eigenvalue weighted by Gasteiger charge is -2.16. The van der Waals surface area contributed by atoms with Gasteiger partial charge in [-0.3, -0.25) is 14.2 Å². The summed E-state index contributed by atoms with van der Waals surface area (Å²) in [4.78, 5) is 29.4. The maximum absolute atomic E-state index is 12.7. The number of para-hydroxylation sites is 1. The largest absolute Gasteiger partial charge is 0.376 e. The fraction of sp³-hybridized carbons (Fsp3) is 0.500. The van der Waals surface area contributed by atoms with E-state index in [-0.39, 0.29) is 29.4 Å². The van der Waals surface area contributed by atoms with Gasteiger partial charge >= 0.3 is 0 Å². The Balaban J connectivity index is 1.72. The second-order valence-electron chi connectivity index (χ2n) is 6.41. The highest BCUT2D eigenvalue weighted by Crippen LogP contribution is 2.20. The molecule has 1 saturated heterocycles. The topological polar surface area (TPSA) is 73.2 Å². The molecule has 1 N–H and O–H groups in total. The standard InChI is InChI=1S/C18H23N3O3S/c1-12(2)21-17(23)14-7-3-4-8-15(14)20-18(21)25-11-16(22)19-10-13-6-5-9-24-13/h3-4,7-8,12-13H,5-6,9-11H2,1-2H3,(H,19,22)/t13-/m1/s1. The first kappa shape index (κ1) is 17.9. The van der Waals surface area contributed by atoms with E-state index in [1.165, 1.54) is 11.8 Å². The van der Waals surface area contributed by atoms with Crippen LogP contribution in [0.25, 0.3) is 10.9 Å². The van der Waals surface area contributed by atoms with Crippen molar-refractivity contribution in [2.24, 2.45) is 0 Å². The molecule has 1 aromatic carbocycles. The van der Waals surface area contributed by atoms with E-state index in [4.69, 9.17) is 4.74 Å². The Bertz CT molecular complexity index is 813. The quantitative estimate of drug-likeness (QED) is 0.632. The zero-order valence-electron chi connectivity index (χ0n) is 14.5. The minimum Gasteiger partial charge on any atom is -0.376 e. The molecule has 1 aromatic heterocycles. The Hall–Kier alpha value is -1.86. The van der Waals surface area contributed by atoms with Crippen molar-refractivity contribution in [3.8, 4) is 0 Å². The maximum Gasteiger partial charge on any atom is 0.262 e. The first-order valence-electron chi connectivity index (χ1n) is 8.58. The van der Waals surface area contributed by atoms with Crippen molar-refractivity contribution in [1.82, 2.24) is 14.9 Å². The molecule has 0 bridgehead atoms. The van der Waals surface area contributed by atoms with Crippen LogP contribution >= 0.6 is 11.8 Å². The maximum atomic E-state index is 12.7. The molecule has 6 nitrogen and oxygen atoms in total. The minimum absolute atomic E-state index is 0.0259. The normalized spacial score (nSPS) is 17.3. The van der Waals surface area contributed by atoms with E-state index in [0.29, 0.717) is 22.6 Å². The van der Waals surface area contributed by atoms with E-state index >= 15 is 0 Å². The van der Waals surface area contributed by atoms with Crippen molar-refractivity contribution in [2.45, 2.75) is 44.0 Å². The molecule has 0 saturated carbocycles. The lowest BCUT2D eigenvalue weighted by molar-refractivity contribution is -0.119. The van der Waals surface area contributed by atoms with Crippen LogP contribution in [0.4, 0.5) is 0 Å². The summed E-state index contributed by atoms with van der Waals surface area (Å²) in [7, 11) is 0. The number of ether oxygens (including phenoxy) is 1. The van der Waals surface area contributed by atoms with Gasteiger partial charge in [-0.1, -0.05) is 23.9 Å². The number of aromatic nitrogens is 2. The molecule has 1 aliphatic heterocycles. The van der Waals surface area contributed by atoms with E-state index in [1.54, 1.807) is 10.6 Å². The molecule has 0 unspecified atom stereocenters. The van der Waals surface area contributed by atoms with E-state index in [0.717, 1.165) is 19.4 Å². The summed E-state index contributed by atoms with van der Waals surface area (Å²) in [6.45, 7) is 5.21. The molecule has 1 amide bonds. The first-order valence-corrected chi connectivity index (χ1v) is 9.57. The molecule has 7 heteroatoms. The van der Waals surface area contributed by atoms with E-state index in [1.807, 2.05) is 32.0 Å². The molecule has 0 radical (unpaired) electrons. The highest BCUT2D eigenvalue weighted by Gasteiger charge is 2.18. The van der Waals surface area contributed by atoms with Crippen molar-refractivity contribution in [2.75, 3.05) is 18.9 Å². The summed E-state index contributed by atoms with van der Waals surface area (Å²) in [5.41, 5.74) is 0.592. The van der Waals surface area contributed by atoms with E-state index < -0.39 is 0 Å². The lowest BCUT2D eigenvalue weighted by Crippen LogP contribution is -2.33. The number of fused-ring (bicyclic) bond motifs is 1. The third-order valence-electron chi connectivity index (χ3n) is 4.18. The molecule has 1 aliphatic rings. The second-order valence-corrected chi connectivity index (χ2v) is 7.35. The Morgan fingerprint density at radius 2 is 2.24 bits per heavy atom. The summed E-state index contributed by atoms with van der Waals surface area (Å²) < 4.78 is 7.15. The number of carbonyl (C=O) groups is 1. The molecule has 2 aromatic rings. The van der Waals surface area contributed by atoms with E-state index in [2.05, 4.69) is 10.3 Å². The van der Waals surface area contributed by atoms with Gasteiger partial charge in [-0.25, -0.2) is 4.98 Å². The van der Waals surface area contributed by atoms with Crippen LogP contribution in [0.5, 0.6) is 0 Å². The molecule has 3 rings (SSSR count). The predicted molar refractivity (Wildman–Crippen MR) is 99.1 cm³/mol. The lowest BCUT2D eigenvalue weighted by atomic mass is 10.2. The predicted octanol–water partition coefficient (Wildman–Crippen LogP) is 2.36. The van der Waals surface area contributed by atoms with Crippen LogP contribution in [0.2, 0.25) is 0 Å². The number of hydrogen-bond acceptors (Lipinski definition) is 5. The second kappa shape index (κ2) is 8.01. The number of thioether (sulfide) groups is 1.